The minimum atomic E-state index is 0. The summed E-state index contributed by atoms with van der Waals surface area (Å²) in [6.07, 6.45) is 0. The van der Waals surface area contributed by atoms with E-state index in [0.29, 0.717) is 5.92 Å². The zero-order valence-electron chi connectivity index (χ0n) is 4.69. The Morgan fingerprint density at radius 3 is 1.14 bits per heavy atom. The van der Waals surface area contributed by atoms with Crippen molar-refractivity contribution in [2.24, 2.45) is 5.92 Å². The molecule has 0 amide bonds. The van der Waals surface area contributed by atoms with Gasteiger partial charge in [0.25, 0.3) is 0 Å². The smallest absolute Gasteiger partial charge is 2.00 e. The van der Waals surface area contributed by atoms with E-state index in [1.807, 2.05) is 0 Å². The quantitative estimate of drug-likeness (QED) is 0.589. The summed E-state index contributed by atoms with van der Waals surface area (Å²) in [5, 5.41) is 0. The Kier molecular flexibility index (Phi) is 51.3. The Morgan fingerprint density at radius 2 is 1.14 bits per heavy atom. The maximum Gasteiger partial charge on any atom is 3.00 e. The van der Waals surface area contributed by atoms with Gasteiger partial charge in [0.2, 0.25) is 0 Å². The van der Waals surface area contributed by atoms with Crippen LogP contribution in [0.25, 0.3) is 0 Å². The van der Waals surface area contributed by atoms with Crippen LogP contribution in [0.1, 0.15) is 13.8 Å². The van der Waals surface area contributed by atoms with E-state index in [1.54, 1.807) is 0 Å². The molecule has 0 spiro atoms. The van der Waals surface area contributed by atoms with E-state index in [0.717, 1.165) is 0 Å². The van der Waals surface area contributed by atoms with Gasteiger partial charge < -0.3 is 12.4 Å². The zero-order chi connectivity index (χ0) is 3.58. The summed E-state index contributed by atoms with van der Waals surface area (Å²) < 4.78 is 0. The van der Waals surface area contributed by atoms with Crippen molar-refractivity contribution in [1.82, 2.24) is 0 Å². The van der Waals surface area contributed by atoms with Gasteiger partial charge in [0.15, 0.2) is 0 Å². The van der Waals surface area contributed by atoms with Crippen molar-refractivity contribution in [3.8, 4) is 0 Å². The second-order valence-electron chi connectivity index (χ2n) is 1.39. The van der Waals surface area contributed by atoms with Crippen LogP contribution in [0.3, 0.4) is 0 Å². The predicted octanol–water partition coefficient (Wildman–Crippen LogP) is 1.36. The number of hydrogen-bond acceptors (Lipinski definition) is 0. The molecule has 0 aromatic carbocycles. The molecule has 0 saturated heterocycles. The SMILES string of the molecule is [CH2-]C(C)C.[Ce+3].[Ce+3].[O-2]. The summed E-state index contributed by atoms with van der Waals surface area (Å²) in [5.74, 6) is 0.583. The Balaban J connectivity index is -0.0000000150. The van der Waals surface area contributed by atoms with Crippen molar-refractivity contribution in [3.05, 3.63) is 6.92 Å². The van der Waals surface area contributed by atoms with E-state index >= 15 is 0 Å². The summed E-state index contributed by atoms with van der Waals surface area (Å²) in [6.45, 7) is 7.75. The molecule has 0 bridgehead atoms. The van der Waals surface area contributed by atoms with Gasteiger partial charge in [-0.15, -0.1) is 0 Å². The van der Waals surface area contributed by atoms with Crippen molar-refractivity contribution >= 4 is 0 Å². The average Bonchev–Trinajstić information content (AvgIpc) is 0.811. The maximum absolute atomic E-state index is 3.64. The van der Waals surface area contributed by atoms with Gasteiger partial charge in [-0.05, 0) is 0 Å². The van der Waals surface area contributed by atoms with Gasteiger partial charge in [-0.2, -0.15) is 5.92 Å². The molecule has 0 aliphatic heterocycles. The van der Waals surface area contributed by atoms with E-state index in [4.69, 9.17) is 0 Å². The van der Waals surface area contributed by atoms with Crippen LogP contribution in [0.15, 0.2) is 0 Å². The van der Waals surface area contributed by atoms with E-state index < -0.39 is 0 Å². The van der Waals surface area contributed by atoms with Gasteiger partial charge >= 0.3 is 83.5 Å². The Hall–Kier alpha value is 2.71. The Bertz CT molecular complexity index is 14.4. The van der Waals surface area contributed by atoms with Crippen LogP contribution in [0.4, 0.5) is 0 Å². The fourth-order valence-corrected chi connectivity index (χ4v) is 0. The molecule has 0 aromatic rings. The minimum absolute atomic E-state index is 0. The summed E-state index contributed by atoms with van der Waals surface area (Å²) in [5.41, 5.74) is 0. The molecule has 0 aromatic heterocycles. The summed E-state index contributed by atoms with van der Waals surface area (Å²) >= 11 is 0. The largest absolute Gasteiger partial charge is 3.00 e. The molecule has 0 atom stereocenters. The van der Waals surface area contributed by atoms with Crippen LogP contribution in [-0.2, 0) is 5.48 Å². The first-order valence-electron chi connectivity index (χ1n) is 1.56. The van der Waals surface area contributed by atoms with Crippen molar-refractivity contribution in [3.63, 3.8) is 0 Å². The van der Waals surface area contributed by atoms with Crippen molar-refractivity contribution < 1.29 is 89.0 Å². The second kappa shape index (κ2) is 15.9. The molecule has 1 nitrogen and oxygen atoms in total. The van der Waals surface area contributed by atoms with Crippen LogP contribution in [0, 0.1) is 96.3 Å². The van der Waals surface area contributed by atoms with Gasteiger partial charge in [-0.3, -0.25) is 0 Å². The van der Waals surface area contributed by atoms with E-state index in [-0.39, 0.29) is 89.0 Å². The third-order valence-corrected chi connectivity index (χ3v) is 0. The van der Waals surface area contributed by atoms with Crippen LogP contribution in [-0.4, -0.2) is 0 Å². The maximum atomic E-state index is 3.64. The molecule has 0 heterocycles. The zero-order valence-corrected chi connectivity index (χ0v) is 11.0. The molecule has 0 N–H and O–H groups in total. The summed E-state index contributed by atoms with van der Waals surface area (Å²) in [6, 6.07) is 0. The Labute approximate surface area is 113 Å². The van der Waals surface area contributed by atoms with E-state index in [9.17, 15) is 0 Å². The van der Waals surface area contributed by atoms with Crippen LogP contribution >= 0.6 is 0 Å². The van der Waals surface area contributed by atoms with E-state index in [1.165, 1.54) is 0 Å². The van der Waals surface area contributed by atoms with Crippen LogP contribution in [0.5, 0.6) is 0 Å². The molecular weight excluding hydrogens is 344 g/mol. The molecule has 3 heteroatoms. The summed E-state index contributed by atoms with van der Waals surface area (Å²) in [4.78, 5) is 0. The van der Waals surface area contributed by atoms with Gasteiger partial charge in [0.1, 0.15) is 0 Å². The molecule has 0 aliphatic carbocycles. The molecular formula is C4H9Ce2O+3. The molecule has 0 unspecified atom stereocenters. The summed E-state index contributed by atoms with van der Waals surface area (Å²) in [7, 11) is 0. The second-order valence-corrected chi connectivity index (χ2v) is 1.39. The fourth-order valence-electron chi connectivity index (χ4n) is 0. The van der Waals surface area contributed by atoms with Gasteiger partial charge in [0.05, 0.1) is 0 Å². The first kappa shape index (κ1) is 22.6. The normalized spacial score (nSPS) is 5.14. The van der Waals surface area contributed by atoms with Crippen LogP contribution < -0.4 is 0 Å². The average molecular weight is 353 g/mol. The molecule has 0 rings (SSSR count). The molecule has 0 saturated carbocycles. The van der Waals surface area contributed by atoms with Gasteiger partial charge in [0, 0.05) is 0 Å². The van der Waals surface area contributed by atoms with Crippen molar-refractivity contribution in [1.29, 1.82) is 0 Å². The van der Waals surface area contributed by atoms with Crippen molar-refractivity contribution in [2.45, 2.75) is 13.8 Å². The predicted molar refractivity (Wildman–Crippen MR) is 20.9 cm³/mol. The molecule has 0 fully saturated rings. The topological polar surface area (TPSA) is 28.5 Å². The molecule has 36 valence electrons. The molecule has 0 aliphatic rings. The fraction of sp³-hybridized carbons (Fsp3) is 0.750. The first-order chi connectivity index (χ1) is 1.73. The van der Waals surface area contributed by atoms with Gasteiger partial charge in [-0.1, -0.05) is 13.8 Å². The monoisotopic (exact) mass is 353 g/mol. The van der Waals surface area contributed by atoms with Crippen LogP contribution in [0.2, 0.25) is 0 Å². The van der Waals surface area contributed by atoms with Crippen molar-refractivity contribution in [2.75, 3.05) is 0 Å². The first-order valence-corrected chi connectivity index (χ1v) is 1.56. The third kappa shape index (κ3) is 53.3. The minimum Gasteiger partial charge on any atom is -2.00 e. The molecule has 7 heavy (non-hydrogen) atoms. The standard InChI is InChI=1S/C4H9.2Ce.O/c1-4(2)3;;;/h4H,1H2,2-3H3;;;/q-1;2*+3;-2. The van der Waals surface area contributed by atoms with E-state index in [2.05, 4.69) is 20.8 Å². The number of hydrogen-bond donors (Lipinski definition) is 0. The number of rotatable bonds is 0. The Morgan fingerprint density at radius 1 is 1.14 bits per heavy atom. The molecule has 2 radical (unpaired) electrons. The third-order valence-electron chi connectivity index (χ3n) is 0. The van der Waals surface area contributed by atoms with Gasteiger partial charge in [-0.25, -0.2) is 0 Å².